The quantitative estimate of drug-likeness (QED) is 0.832. The van der Waals surface area contributed by atoms with Crippen molar-refractivity contribution in [1.82, 2.24) is 0 Å². The van der Waals surface area contributed by atoms with E-state index in [0.717, 1.165) is 12.1 Å². The first-order chi connectivity index (χ1) is 7.99. The summed E-state index contributed by atoms with van der Waals surface area (Å²) in [4.78, 5) is 10.8. The Kier molecular flexibility index (Phi) is 3.96. The van der Waals surface area contributed by atoms with Crippen molar-refractivity contribution in [1.29, 1.82) is 5.26 Å². The van der Waals surface area contributed by atoms with Crippen molar-refractivity contribution in [3.8, 4) is 11.8 Å². The van der Waals surface area contributed by atoms with Crippen LogP contribution in [-0.2, 0) is 6.61 Å². The largest absolute Gasteiger partial charge is 0.478 e. The molecule has 0 amide bonds. The van der Waals surface area contributed by atoms with Gasteiger partial charge in [0.15, 0.2) is 0 Å². The molecule has 1 rings (SSSR count). The van der Waals surface area contributed by atoms with Crippen LogP contribution in [0.15, 0.2) is 12.1 Å². The van der Waals surface area contributed by atoms with Crippen LogP contribution in [0.25, 0.3) is 0 Å². The lowest BCUT2D eigenvalue weighted by atomic mass is 10.0. The Hall–Kier alpha value is -2.20. The van der Waals surface area contributed by atoms with E-state index in [9.17, 15) is 13.6 Å². The first-order valence-electron chi connectivity index (χ1n) is 4.35. The maximum Gasteiger partial charge on any atom is 0.387 e. The molecule has 7 heteroatoms. The molecule has 17 heavy (non-hydrogen) atoms. The molecule has 0 atom stereocenters. The normalized spacial score (nSPS) is 10.1. The molecule has 0 aromatic heterocycles. The SMILES string of the molecule is N#Cc1c(CO)cc(OC(F)F)cc1C(=O)O. The number of hydrogen-bond donors (Lipinski definition) is 2. The third kappa shape index (κ3) is 2.89. The van der Waals surface area contributed by atoms with E-state index in [1.807, 2.05) is 0 Å². The first-order valence-corrected chi connectivity index (χ1v) is 4.35. The third-order valence-electron chi connectivity index (χ3n) is 1.93. The second-order valence-electron chi connectivity index (χ2n) is 2.96. The summed E-state index contributed by atoms with van der Waals surface area (Å²) < 4.78 is 28.0. The van der Waals surface area contributed by atoms with E-state index in [4.69, 9.17) is 15.5 Å². The number of nitrogens with zero attached hydrogens (tertiary/aromatic N) is 1. The average molecular weight is 243 g/mol. The van der Waals surface area contributed by atoms with Crippen LogP contribution in [0.5, 0.6) is 5.75 Å². The highest BCUT2D eigenvalue weighted by Gasteiger charge is 2.17. The Morgan fingerprint density at radius 3 is 2.59 bits per heavy atom. The summed E-state index contributed by atoms with van der Waals surface area (Å²) in [7, 11) is 0. The third-order valence-corrected chi connectivity index (χ3v) is 1.93. The number of benzene rings is 1. The van der Waals surface area contributed by atoms with Gasteiger partial charge in [-0.1, -0.05) is 0 Å². The molecule has 0 unspecified atom stereocenters. The van der Waals surface area contributed by atoms with Gasteiger partial charge in [-0.25, -0.2) is 4.79 Å². The fraction of sp³-hybridized carbons (Fsp3) is 0.200. The molecule has 0 fully saturated rings. The molecule has 0 aliphatic heterocycles. The molecule has 0 aliphatic rings. The van der Waals surface area contributed by atoms with Gasteiger partial charge in [0.05, 0.1) is 17.7 Å². The second kappa shape index (κ2) is 5.23. The number of aromatic carboxylic acids is 1. The van der Waals surface area contributed by atoms with Crippen LogP contribution in [-0.4, -0.2) is 22.8 Å². The lowest BCUT2D eigenvalue weighted by molar-refractivity contribution is -0.0500. The van der Waals surface area contributed by atoms with Gasteiger partial charge in [0.2, 0.25) is 0 Å². The Labute approximate surface area is 94.5 Å². The van der Waals surface area contributed by atoms with Crippen molar-refractivity contribution in [2.45, 2.75) is 13.2 Å². The highest BCUT2D eigenvalue weighted by Crippen LogP contribution is 2.24. The average Bonchev–Trinajstić information content (AvgIpc) is 2.26. The van der Waals surface area contributed by atoms with Crippen LogP contribution in [0.2, 0.25) is 0 Å². The minimum atomic E-state index is -3.11. The Bertz CT molecular complexity index is 482. The Morgan fingerprint density at radius 1 is 1.53 bits per heavy atom. The molecule has 0 bridgehead atoms. The molecule has 0 saturated heterocycles. The van der Waals surface area contributed by atoms with Gasteiger partial charge < -0.3 is 14.9 Å². The predicted molar refractivity (Wildman–Crippen MR) is 50.7 cm³/mol. The summed E-state index contributed by atoms with van der Waals surface area (Å²) in [6.45, 7) is -3.76. The van der Waals surface area contributed by atoms with Gasteiger partial charge in [-0.15, -0.1) is 0 Å². The van der Waals surface area contributed by atoms with Crippen molar-refractivity contribution < 1.29 is 28.5 Å². The van der Waals surface area contributed by atoms with E-state index < -0.39 is 30.5 Å². The molecule has 0 aliphatic carbocycles. The number of aliphatic hydroxyl groups excluding tert-OH is 1. The predicted octanol–water partition coefficient (Wildman–Crippen LogP) is 1.35. The minimum absolute atomic E-state index is 0.0805. The van der Waals surface area contributed by atoms with Crippen molar-refractivity contribution in [2.24, 2.45) is 0 Å². The van der Waals surface area contributed by atoms with Crippen molar-refractivity contribution in [2.75, 3.05) is 0 Å². The fourth-order valence-electron chi connectivity index (χ4n) is 1.27. The number of ether oxygens (including phenoxy) is 1. The van der Waals surface area contributed by atoms with Gasteiger partial charge >= 0.3 is 12.6 Å². The molecule has 2 N–H and O–H groups in total. The molecule has 0 heterocycles. The molecule has 0 radical (unpaired) electrons. The van der Waals surface area contributed by atoms with Crippen LogP contribution < -0.4 is 4.74 Å². The van der Waals surface area contributed by atoms with Crippen molar-refractivity contribution in [3.63, 3.8) is 0 Å². The number of nitriles is 1. The number of carboxylic acids is 1. The van der Waals surface area contributed by atoms with Gasteiger partial charge in [0.1, 0.15) is 11.8 Å². The number of carboxylic acid groups (broad SMARTS) is 1. The maximum atomic E-state index is 12.0. The van der Waals surface area contributed by atoms with Gasteiger partial charge in [0.25, 0.3) is 0 Å². The minimum Gasteiger partial charge on any atom is -0.478 e. The van der Waals surface area contributed by atoms with Crippen molar-refractivity contribution >= 4 is 5.97 Å². The summed E-state index contributed by atoms with van der Waals surface area (Å²) >= 11 is 0. The topological polar surface area (TPSA) is 90.5 Å². The zero-order valence-corrected chi connectivity index (χ0v) is 8.35. The van der Waals surface area contributed by atoms with Crippen LogP contribution in [0.3, 0.4) is 0 Å². The molecular weight excluding hydrogens is 236 g/mol. The number of rotatable bonds is 4. The van der Waals surface area contributed by atoms with Gasteiger partial charge in [-0.3, -0.25) is 0 Å². The second-order valence-corrected chi connectivity index (χ2v) is 2.96. The number of hydrogen-bond acceptors (Lipinski definition) is 4. The van der Waals surface area contributed by atoms with E-state index in [-0.39, 0.29) is 11.1 Å². The van der Waals surface area contributed by atoms with E-state index in [0.29, 0.717) is 0 Å². The van der Waals surface area contributed by atoms with Crippen molar-refractivity contribution in [3.05, 3.63) is 28.8 Å². The summed E-state index contributed by atoms with van der Waals surface area (Å²) in [5, 5.41) is 26.5. The zero-order chi connectivity index (χ0) is 13.0. The summed E-state index contributed by atoms with van der Waals surface area (Å²) in [6.07, 6.45) is 0. The molecule has 5 nitrogen and oxygen atoms in total. The Balaban J connectivity index is 3.36. The fourth-order valence-corrected chi connectivity index (χ4v) is 1.27. The molecule has 0 saturated carbocycles. The summed E-state index contributed by atoms with van der Waals surface area (Å²) in [5.74, 6) is -1.88. The summed E-state index contributed by atoms with van der Waals surface area (Å²) in [5.41, 5.74) is -0.848. The van der Waals surface area contributed by atoms with Gasteiger partial charge in [-0.2, -0.15) is 14.0 Å². The van der Waals surface area contributed by atoms with Gasteiger partial charge in [-0.05, 0) is 17.7 Å². The Morgan fingerprint density at radius 2 is 2.18 bits per heavy atom. The number of aliphatic hydroxyl groups is 1. The van der Waals surface area contributed by atoms with E-state index in [2.05, 4.69) is 4.74 Å². The standard InChI is InChI=1S/C10H7F2NO4/c11-10(12)17-6-1-5(4-14)8(3-13)7(2-6)9(15)16/h1-2,10,14H,4H2,(H,15,16). The summed E-state index contributed by atoms with van der Waals surface area (Å²) in [6, 6.07) is 3.40. The monoisotopic (exact) mass is 243 g/mol. The highest BCUT2D eigenvalue weighted by molar-refractivity contribution is 5.91. The highest BCUT2D eigenvalue weighted by atomic mass is 19.3. The van der Waals surface area contributed by atoms with Crippen LogP contribution in [0, 0.1) is 11.3 Å². The molecule has 90 valence electrons. The van der Waals surface area contributed by atoms with E-state index in [1.165, 1.54) is 0 Å². The number of carbonyl (C=O) groups is 1. The zero-order valence-electron chi connectivity index (χ0n) is 8.35. The van der Waals surface area contributed by atoms with Gasteiger partial charge in [0, 0.05) is 0 Å². The van der Waals surface area contributed by atoms with E-state index in [1.54, 1.807) is 6.07 Å². The van der Waals surface area contributed by atoms with Crippen LogP contribution >= 0.6 is 0 Å². The molecule has 1 aromatic carbocycles. The van der Waals surface area contributed by atoms with Crippen LogP contribution in [0.4, 0.5) is 8.78 Å². The molecule has 1 aromatic rings. The number of alkyl halides is 2. The van der Waals surface area contributed by atoms with Crippen LogP contribution in [0.1, 0.15) is 21.5 Å². The lowest BCUT2D eigenvalue weighted by Gasteiger charge is -2.09. The first kappa shape index (κ1) is 12.9. The van der Waals surface area contributed by atoms with E-state index >= 15 is 0 Å². The molecule has 0 spiro atoms. The maximum absolute atomic E-state index is 12.0. The molecular formula is C10H7F2NO4. The number of halogens is 2. The lowest BCUT2D eigenvalue weighted by Crippen LogP contribution is -2.08. The smallest absolute Gasteiger partial charge is 0.387 e.